The molecule has 0 aliphatic rings. The van der Waals surface area contributed by atoms with Crippen molar-refractivity contribution in [3.63, 3.8) is 0 Å². The largest absolute Gasteiger partial charge is 0.507 e. The summed E-state index contributed by atoms with van der Waals surface area (Å²) in [5, 5.41) is 12.3. The fourth-order valence-corrected chi connectivity index (χ4v) is 2.23. The van der Waals surface area contributed by atoms with Gasteiger partial charge in [0.25, 0.3) is 5.91 Å². The highest BCUT2D eigenvalue weighted by Gasteiger charge is 2.11. The third kappa shape index (κ3) is 3.32. The second-order valence-corrected chi connectivity index (χ2v) is 5.73. The lowest BCUT2D eigenvalue weighted by Gasteiger charge is -2.11. The van der Waals surface area contributed by atoms with E-state index in [0.29, 0.717) is 21.5 Å². The van der Waals surface area contributed by atoms with Crippen LogP contribution in [0.25, 0.3) is 0 Å². The molecule has 0 radical (unpaired) electrons. The molecule has 0 saturated carbocycles. The van der Waals surface area contributed by atoms with Crippen LogP contribution < -0.4 is 10.1 Å². The number of halogens is 2. The molecule has 2 N–H and O–H groups in total. The van der Waals surface area contributed by atoms with E-state index in [0.717, 1.165) is 4.47 Å². The number of carbonyl (C=O) groups excluding carboxylic acids is 1. The van der Waals surface area contributed by atoms with E-state index in [-0.39, 0.29) is 11.7 Å². The number of ether oxygens (including phenoxy) is 1. The van der Waals surface area contributed by atoms with Crippen LogP contribution in [0, 0.1) is 0 Å². The molecule has 104 valence electrons. The number of phenolic OH excluding ortho intramolecular Hbond substituents is 1. The molecule has 0 aliphatic carbocycles. The second kappa shape index (κ2) is 6.28. The predicted octanol–water partition coefficient (Wildman–Crippen LogP) is 4.18. The van der Waals surface area contributed by atoms with Gasteiger partial charge in [-0.15, -0.1) is 0 Å². The predicted molar refractivity (Wildman–Crippen MR) is 84.5 cm³/mol. The average molecular weight is 401 g/mol. The van der Waals surface area contributed by atoms with Gasteiger partial charge in [0.05, 0.1) is 17.3 Å². The van der Waals surface area contributed by atoms with Gasteiger partial charge in [0, 0.05) is 10.0 Å². The minimum atomic E-state index is -0.329. The van der Waals surface area contributed by atoms with Gasteiger partial charge in [0.15, 0.2) is 0 Å². The first kappa shape index (κ1) is 14.9. The molecule has 2 rings (SSSR count). The Morgan fingerprint density at radius 1 is 1.20 bits per heavy atom. The van der Waals surface area contributed by atoms with Gasteiger partial charge in [-0.25, -0.2) is 0 Å². The van der Waals surface area contributed by atoms with E-state index >= 15 is 0 Å². The van der Waals surface area contributed by atoms with Crippen LogP contribution in [0.4, 0.5) is 5.69 Å². The molecular weight excluding hydrogens is 390 g/mol. The summed E-state index contributed by atoms with van der Waals surface area (Å²) in [5.74, 6) is 0.242. The first-order chi connectivity index (χ1) is 9.51. The summed E-state index contributed by atoms with van der Waals surface area (Å²) >= 11 is 6.51. The van der Waals surface area contributed by atoms with Crippen molar-refractivity contribution in [2.24, 2.45) is 0 Å². The summed E-state index contributed by atoms with van der Waals surface area (Å²) in [6.07, 6.45) is 0. The number of aromatic hydroxyl groups is 1. The Bertz CT molecular complexity index is 659. The highest BCUT2D eigenvalue weighted by atomic mass is 79.9. The van der Waals surface area contributed by atoms with Crippen molar-refractivity contribution in [3.8, 4) is 11.5 Å². The summed E-state index contributed by atoms with van der Waals surface area (Å²) in [5.41, 5.74) is 0.905. The van der Waals surface area contributed by atoms with Crippen LogP contribution in [0.3, 0.4) is 0 Å². The Morgan fingerprint density at radius 2 is 1.95 bits per heavy atom. The second-order valence-electron chi connectivity index (χ2n) is 3.96. The SMILES string of the molecule is COc1ccc(Br)cc1NC(=O)c1ccc(Br)c(O)c1. The lowest BCUT2D eigenvalue weighted by molar-refractivity contribution is 0.102. The fraction of sp³-hybridized carbons (Fsp3) is 0.0714. The first-order valence-electron chi connectivity index (χ1n) is 5.64. The van der Waals surface area contributed by atoms with E-state index in [9.17, 15) is 9.90 Å². The zero-order valence-electron chi connectivity index (χ0n) is 10.5. The van der Waals surface area contributed by atoms with Gasteiger partial charge in [0.1, 0.15) is 11.5 Å². The number of carbonyl (C=O) groups is 1. The highest BCUT2D eigenvalue weighted by Crippen LogP contribution is 2.29. The molecule has 0 bridgehead atoms. The molecule has 0 unspecified atom stereocenters. The quantitative estimate of drug-likeness (QED) is 0.812. The molecule has 0 atom stereocenters. The Hall–Kier alpha value is -1.53. The highest BCUT2D eigenvalue weighted by molar-refractivity contribution is 9.10. The Morgan fingerprint density at radius 3 is 2.60 bits per heavy atom. The Balaban J connectivity index is 2.27. The van der Waals surface area contributed by atoms with Crippen molar-refractivity contribution in [1.29, 1.82) is 0 Å². The Kier molecular flexibility index (Phi) is 4.67. The van der Waals surface area contributed by atoms with Crippen LogP contribution in [-0.2, 0) is 0 Å². The molecule has 0 aliphatic heterocycles. The van der Waals surface area contributed by atoms with Crippen LogP contribution in [0.1, 0.15) is 10.4 Å². The summed E-state index contributed by atoms with van der Waals surface area (Å²) < 4.78 is 6.55. The topological polar surface area (TPSA) is 58.6 Å². The monoisotopic (exact) mass is 399 g/mol. The molecule has 0 spiro atoms. The molecule has 0 heterocycles. The van der Waals surface area contributed by atoms with E-state index < -0.39 is 0 Å². The standard InChI is InChI=1S/C14H11Br2NO3/c1-20-13-5-3-9(15)7-11(13)17-14(19)8-2-4-10(16)12(18)6-8/h2-7,18H,1H3,(H,17,19). The van der Waals surface area contributed by atoms with E-state index in [4.69, 9.17) is 4.74 Å². The maximum absolute atomic E-state index is 12.1. The maximum Gasteiger partial charge on any atom is 0.255 e. The molecular formula is C14H11Br2NO3. The van der Waals surface area contributed by atoms with Crippen LogP contribution >= 0.6 is 31.9 Å². The number of hydrogen-bond acceptors (Lipinski definition) is 3. The lowest BCUT2D eigenvalue weighted by Crippen LogP contribution is -2.12. The van der Waals surface area contributed by atoms with Gasteiger partial charge in [-0.3, -0.25) is 4.79 Å². The van der Waals surface area contributed by atoms with E-state index in [1.165, 1.54) is 13.2 Å². The summed E-state index contributed by atoms with van der Waals surface area (Å²) in [6.45, 7) is 0. The van der Waals surface area contributed by atoms with E-state index in [1.807, 2.05) is 6.07 Å². The van der Waals surface area contributed by atoms with Crippen molar-refractivity contribution in [2.75, 3.05) is 12.4 Å². The van der Waals surface area contributed by atoms with Crippen LogP contribution in [0.5, 0.6) is 11.5 Å². The number of anilines is 1. The number of benzene rings is 2. The molecule has 2 aromatic carbocycles. The van der Waals surface area contributed by atoms with Gasteiger partial charge in [-0.2, -0.15) is 0 Å². The van der Waals surface area contributed by atoms with E-state index in [1.54, 1.807) is 24.3 Å². The van der Waals surface area contributed by atoms with Gasteiger partial charge >= 0.3 is 0 Å². The third-order valence-corrected chi connectivity index (χ3v) is 3.78. The van der Waals surface area contributed by atoms with E-state index in [2.05, 4.69) is 37.2 Å². The third-order valence-electron chi connectivity index (χ3n) is 2.62. The minimum Gasteiger partial charge on any atom is -0.507 e. The molecule has 0 aromatic heterocycles. The van der Waals surface area contributed by atoms with Crippen LogP contribution in [0.15, 0.2) is 45.3 Å². The number of nitrogens with one attached hydrogen (secondary N) is 1. The van der Waals surface area contributed by atoms with Crippen molar-refractivity contribution < 1.29 is 14.6 Å². The summed E-state index contributed by atoms with van der Waals surface area (Å²) in [6, 6.07) is 9.93. The molecule has 2 aromatic rings. The molecule has 20 heavy (non-hydrogen) atoms. The first-order valence-corrected chi connectivity index (χ1v) is 7.23. The molecule has 6 heteroatoms. The smallest absolute Gasteiger partial charge is 0.255 e. The fourth-order valence-electron chi connectivity index (χ4n) is 1.63. The van der Waals surface area contributed by atoms with Crippen LogP contribution in [0.2, 0.25) is 0 Å². The molecule has 1 amide bonds. The van der Waals surface area contributed by atoms with Crippen molar-refractivity contribution in [1.82, 2.24) is 0 Å². The number of methoxy groups -OCH3 is 1. The van der Waals surface area contributed by atoms with Gasteiger partial charge in [0.2, 0.25) is 0 Å². The zero-order chi connectivity index (χ0) is 14.7. The minimum absolute atomic E-state index is 0.0128. The van der Waals surface area contributed by atoms with Gasteiger partial charge in [-0.1, -0.05) is 15.9 Å². The van der Waals surface area contributed by atoms with Gasteiger partial charge in [-0.05, 0) is 52.3 Å². The van der Waals surface area contributed by atoms with Crippen molar-refractivity contribution in [3.05, 3.63) is 50.9 Å². The normalized spacial score (nSPS) is 10.2. The zero-order valence-corrected chi connectivity index (χ0v) is 13.7. The lowest BCUT2D eigenvalue weighted by atomic mass is 10.2. The number of phenols is 1. The van der Waals surface area contributed by atoms with Crippen molar-refractivity contribution in [2.45, 2.75) is 0 Å². The van der Waals surface area contributed by atoms with Gasteiger partial charge < -0.3 is 15.2 Å². The number of amides is 1. The van der Waals surface area contributed by atoms with Crippen molar-refractivity contribution >= 4 is 43.5 Å². The summed E-state index contributed by atoms with van der Waals surface area (Å²) in [7, 11) is 1.53. The Labute approximate surface area is 133 Å². The molecule has 0 fully saturated rings. The molecule has 4 nitrogen and oxygen atoms in total. The average Bonchev–Trinajstić information content (AvgIpc) is 2.42. The van der Waals surface area contributed by atoms with Crippen LogP contribution in [-0.4, -0.2) is 18.1 Å². The number of rotatable bonds is 3. The number of hydrogen-bond donors (Lipinski definition) is 2. The maximum atomic E-state index is 12.1. The summed E-state index contributed by atoms with van der Waals surface area (Å²) in [4.78, 5) is 12.1. The molecule has 0 saturated heterocycles.